The first-order valence-electron chi connectivity index (χ1n) is 11.9. The number of hydrogen-bond acceptors (Lipinski definition) is 5. The van der Waals surface area contributed by atoms with Crippen molar-refractivity contribution >= 4 is 17.5 Å². The van der Waals surface area contributed by atoms with Gasteiger partial charge in [-0.2, -0.15) is 0 Å². The number of imidazole rings is 1. The van der Waals surface area contributed by atoms with Gasteiger partial charge in [0, 0.05) is 57.2 Å². The van der Waals surface area contributed by atoms with Crippen LogP contribution in [0.5, 0.6) is 5.75 Å². The normalized spacial score (nSPS) is 14.4. The van der Waals surface area contributed by atoms with Crippen LogP contribution in [0.25, 0.3) is 5.65 Å². The number of ether oxygens (including phenoxy) is 1. The minimum Gasteiger partial charge on any atom is -0.487 e. The summed E-state index contributed by atoms with van der Waals surface area (Å²) in [6.45, 7) is 10.8. The number of likely N-dealkylation sites (N-methyl/N-ethyl adjacent to an activating group) is 1. The molecule has 0 spiro atoms. The molecule has 4 rings (SSSR count). The Morgan fingerprint density at radius 3 is 2.53 bits per heavy atom. The highest BCUT2D eigenvalue weighted by molar-refractivity contribution is 5.94. The molecule has 8 heteroatoms. The molecule has 1 saturated heterocycles. The number of aromatic nitrogens is 2. The fraction of sp³-hybridized carbons (Fsp3) is 0.423. The fourth-order valence-electron chi connectivity index (χ4n) is 4.26. The van der Waals surface area contributed by atoms with Crippen molar-refractivity contribution in [3.63, 3.8) is 0 Å². The van der Waals surface area contributed by atoms with Gasteiger partial charge in [-0.25, -0.2) is 4.98 Å². The predicted octanol–water partition coefficient (Wildman–Crippen LogP) is 2.85. The number of benzene rings is 1. The first-order chi connectivity index (χ1) is 16.5. The summed E-state index contributed by atoms with van der Waals surface area (Å²) in [6, 6.07) is 11.3. The van der Waals surface area contributed by atoms with Gasteiger partial charge in [0.25, 0.3) is 5.91 Å². The Morgan fingerprint density at radius 1 is 1.03 bits per heavy atom. The van der Waals surface area contributed by atoms with Gasteiger partial charge >= 0.3 is 0 Å². The van der Waals surface area contributed by atoms with E-state index in [4.69, 9.17) is 4.74 Å². The van der Waals surface area contributed by atoms with Crippen molar-refractivity contribution < 1.29 is 14.3 Å². The van der Waals surface area contributed by atoms with E-state index in [0.29, 0.717) is 50.6 Å². The zero-order valence-electron chi connectivity index (χ0n) is 20.2. The topological polar surface area (TPSA) is 70.4 Å². The number of fused-ring (bicyclic) bond motifs is 1. The Morgan fingerprint density at radius 2 is 1.79 bits per heavy atom. The maximum Gasteiger partial charge on any atom is 0.254 e. The molecular weight excluding hydrogens is 430 g/mol. The number of piperazine rings is 1. The summed E-state index contributed by atoms with van der Waals surface area (Å²) >= 11 is 0. The smallest absolute Gasteiger partial charge is 0.254 e. The Labute approximate surface area is 200 Å². The summed E-state index contributed by atoms with van der Waals surface area (Å²) in [6.07, 6.45) is 3.99. The lowest BCUT2D eigenvalue weighted by atomic mass is 10.1. The maximum atomic E-state index is 13.1. The number of carbonyl (C=O) groups excluding carboxylic acids is 2. The molecule has 0 bridgehead atoms. The second-order valence-corrected chi connectivity index (χ2v) is 8.66. The lowest BCUT2D eigenvalue weighted by molar-refractivity contribution is -0.132. The molecule has 0 saturated carbocycles. The van der Waals surface area contributed by atoms with Gasteiger partial charge in [-0.05, 0) is 50.6 Å². The van der Waals surface area contributed by atoms with E-state index in [1.54, 1.807) is 6.07 Å². The lowest BCUT2D eigenvalue weighted by Crippen LogP contribution is -2.51. The van der Waals surface area contributed by atoms with Crippen molar-refractivity contribution in [3.05, 3.63) is 65.6 Å². The number of hydrogen-bond donors (Lipinski definition) is 0. The van der Waals surface area contributed by atoms with Crippen LogP contribution in [-0.4, -0.2) is 81.7 Å². The van der Waals surface area contributed by atoms with Crippen LogP contribution in [0.1, 0.15) is 35.5 Å². The van der Waals surface area contributed by atoms with E-state index in [0.717, 1.165) is 24.4 Å². The zero-order chi connectivity index (χ0) is 24.1. The van der Waals surface area contributed by atoms with Gasteiger partial charge in [-0.3, -0.25) is 14.5 Å². The van der Waals surface area contributed by atoms with Crippen molar-refractivity contribution in [1.82, 2.24) is 24.1 Å². The molecule has 8 nitrogen and oxygen atoms in total. The van der Waals surface area contributed by atoms with Crippen LogP contribution in [0, 0.1) is 6.92 Å². The summed E-state index contributed by atoms with van der Waals surface area (Å²) in [5.74, 6) is 0.779. The molecular formula is C26H33N5O3. The monoisotopic (exact) mass is 463 g/mol. The summed E-state index contributed by atoms with van der Waals surface area (Å²) in [7, 11) is 0. The highest BCUT2D eigenvalue weighted by Gasteiger charge is 2.24. The van der Waals surface area contributed by atoms with E-state index in [1.807, 2.05) is 77.7 Å². The van der Waals surface area contributed by atoms with E-state index >= 15 is 0 Å². The van der Waals surface area contributed by atoms with Crippen molar-refractivity contribution in [2.45, 2.75) is 27.4 Å². The van der Waals surface area contributed by atoms with E-state index < -0.39 is 0 Å². The Bertz CT molecular complexity index is 1150. The molecule has 1 fully saturated rings. The van der Waals surface area contributed by atoms with Crippen LogP contribution in [0.2, 0.25) is 0 Å². The molecule has 0 unspecified atom stereocenters. The molecule has 34 heavy (non-hydrogen) atoms. The third-order valence-corrected chi connectivity index (χ3v) is 6.25. The quantitative estimate of drug-likeness (QED) is 0.514. The van der Waals surface area contributed by atoms with Crippen LogP contribution in [-0.2, 0) is 11.4 Å². The molecule has 2 aromatic heterocycles. The van der Waals surface area contributed by atoms with Gasteiger partial charge in [0.1, 0.15) is 18.0 Å². The average molecular weight is 464 g/mol. The molecule has 1 aliphatic heterocycles. The predicted molar refractivity (Wildman–Crippen MR) is 131 cm³/mol. The van der Waals surface area contributed by atoms with Gasteiger partial charge in [0.15, 0.2) is 0 Å². The van der Waals surface area contributed by atoms with Gasteiger partial charge in [0.2, 0.25) is 5.91 Å². The van der Waals surface area contributed by atoms with Crippen molar-refractivity contribution in [3.8, 4) is 5.75 Å². The third kappa shape index (κ3) is 5.56. The van der Waals surface area contributed by atoms with Crippen LogP contribution in [0.4, 0.5) is 0 Å². The number of nitrogens with zero attached hydrogens (tertiary/aromatic N) is 5. The number of aryl methyl sites for hydroxylation is 1. The molecule has 1 aliphatic rings. The molecule has 3 aromatic rings. The van der Waals surface area contributed by atoms with Gasteiger partial charge < -0.3 is 18.9 Å². The van der Waals surface area contributed by atoms with Crippen LogP contribution >= 0.6 is 0 Å². The molecule has 180 valence electrons. The minimum atomic E-state index is -0.0108. The van der Waals surface area contributed by atoms with Gasteiger partial charge in [-0.1, -0.05) is 12.1 Å². The van der Waals surface area contributed by atoms with Crippen LogP contribution in [0.3, 0.4) is 0 Å². The van der Waals surface area contributed by atoms with Crippen molar-refractivity contribution in [1.29, 1.82) is 0 Å². The van der Waals surface area contributed by atoms with Crippen LogP contribution < -0.4 is 4.74 Å². The lowest BCUT2D eigenvalue weighted by Gasteiger charge is -2.35. The first kappa shape index (κ1) is 23.8. The second-order valence-electron chi connectivity index (χ2n) is 8.66. The highest BCUT2D eigenvalue weighted by Crippen LogP contribution is 2.18. The summed E-state index contributed by atoms with van der Waals surface area (Å²) in [4.78, 5) is 35.8. The summed E-state index contributed by atoms with van der Waals surface area (Å²) < 4.78 is 7.93. The summed E-state index contributed by atoms with van der Waals surface area (Å²) in [5, 5.41) is 0. The molecule has 2 amide bonds. The van der Waals surface area contributed by atoms with Gasteiger partial charge in [0.05, 0.1) is 12.2 Å². The summed E-state index contributed by atoms with van der Waals surface area (Å²) in [5.41, 5.74) is 3.49. The van der Waals surface area contributed by atoms with Gasteiger partial charge in [-0.15, -0.1) is 0 Å². The number of carbonyl (C=O) groups is 2. The Kier molecular flexibility index (Phi) is 7.47. The van der Waals surface area contributed by atoms with E-state index in [1.165, 1.54) is 5.56 Å². The SMILES string of the molecule is CCN(CC)C(=O)CN1CCN(C(=O)c2cccc(OCc3cn4cc(C)ccc4n3)c2)CC1. The Balaban J connectivity index is 1.31. The van der Waals surface area contributed by atoms with E-state index in [-0.39, 0.29) is 11.8 Å². The minimum absolute atomic E-state index is 0.0108. The maximum absolute atomic E-state index is 13.1. The van der Waals surface area contributed by atoms with Crippen LogP contribution in [0.15, 0.2) is 48.8 Å². The third-order valence-electron chi connectivity index (χ3n) is 6.25. The number of pyridine rings is 1. The first-order valence-corrected chi connectivity index (χ1v) is 11.9. The molecule has 0 aliphatic carbocycles. The largest absolute Gasteiger partial charge is 0.487 e. The zero-order valence-corrected chi connectivity index (χ0v) is 20.2. The van der Waals surface area contributed by atoms with Crippen molar-refractivity contribution in [2.24, 2.45) is 0 Å². The standard InChI is InChI=1S/C26H33N5O3/c1-4-29(5-2)25(32)18-28-11-13-30(14-12-28)26(33)21-7-6-8-23(15-21)34-19-22-17-31-16-20(3)9-10-24(31)27-22/h6-10,15-17H,4-5,11-14,18-19H2,1-3H3. The number of rotatable bonds is 8. The molecule has 0 radical (unpaired) electrons. The second kappa shape index (κ2) is 10.7. The number of amides is 2. The molecule has 3 heterocycles. The highest BCUT2D eigenvalue weighted by atomic mass is 16.5. The van der Waals surface area contributed by atoms with E-state index in [2.05, 4.69) is 9.88 Å². The van der Waals surface area contributed by atoms with Crippen molar-refractivity contribution in [2.75, 3.05) is 45.8 Å². The van der Waals surface area contributed by atoms with E-state index in [9.17, 15) is 9.59 Å². The molecule has 0 atom stereocenters. The molecule has 1 aromatic carbocycles. The molecule has 0 N–H and O–H groups in total. The average Bonchev–Trinajstić information content (AvgIpc) is 3.26. The Hall–Kier alpha value is -3.39. The fourth-order valence-corrected chi connectivity index (χ4v) is 4.26.